The number of fused-ring (bicyclic) bond motifs is 1. The van der Waals surface area contributed by atoms with Crippen molar-refractivity contribution in [3.63, 3.8) is 0 Å². The smallest absolute Gasteiger partial charge is 0.295 e. The second kappa shape index (κ2) is 10.6. The Morgan fingerprint density at radius 1 is 0.718 bits per heavy atom. The van der Waals surface area contributed by atoms with Crippen molar-refractivity contribution in [3.8, 4) is 0 Å². The van der Waals surface area contributed by atoms with Crippen molar-refractivity contribution in [2.45, 2.75) is 0 Å². The number of aromatic nitrogens is 1. The van der Waals surface area contributed by atoms with Crippen LogP contribution in [0.2, 0.25) is 0 Å². The van der Waals surface area contributed by atoms with Crippen LogP contribution in [0.3, 0.4) is 0 Å². The molecule has 0 bridgehead atoms. The average Bonchev–Trinajstić information content (AvgIpc) is 3.42. The molecule has 196 valence electrons. The monoisotopic (exact) mass is 523 g/mol. The molecule has 2 heterocycles. The zero-order valence-corrected chi connectivity index (χ0v) is 20.8. The minimum atomic E-state index is -0.672. The first-order valence-electron chi connectivity index (χ1n) is 12.3. The summed E-state index contributed by atoms with van der Waals surface area (Å²) in [4.78, 5) is 69.1. The molecule has 4 aromatic rings. The zero-order chi connectivity index (χ0) is 27.5. The molecule has 0 unspecified atom stereocenters. The minimum absolute atomic E-state index is 0.107. The molecule has 0 aliphatic carbocycles. The molecule has 4 amide bonds. The lowest BCUT2D eigenvalue weighted by Gasteiger charge is -2.34. The second-order valence-corrected chi connectivity index (χ2v) is 9.11. The lowest BCUT2D eigenvalue weighted by atomic mass is 10.1. The number of hydrogen-bond donors (Lipinski definition) is 3. The van der Waals surface area contributed by atoms with Gasteiger partial charge in [-0.1, -0.05) is 30.3 Å². The number of H-pyrrole nitrogens is 1. The summed E-state index contributed by atoms with van der Waals surface area (Å²) >= 11 is 0. The number of carbonyl (C=O) groups excluding carboxylic acids is 5. The molecule has 10 nitrogen and oxygen atoms in total. The number of nitrogens with zero attached hydrogens (tertiary/aromatic N) is 2. The van der Waals surface area contributed by atoms with Crippen molar-refractivity contribution < 1.29 is 24.0 Å². The fraction of sp³-hybridized carbons (Fsp3) is 0.138. The predicted octanol–water partition coefficient (Wildman–Crippen LogP) is 2.69. The predicted molar refractivity (Wildman–Crippen MR) is 144 cm³/mol. The van der Waals surface area contributed by atoms with Gasteiger partial charge in [-0.05, 0) is 42.5 Å². The van der Waals surface area contributed by atoms with E-state index in [2.05, 4.69) is 10.3 Å². The molecule has 1 aromatic heterocycles. The average molecular weight is 524 g/mol. The molecule has 39 heavy (non-hydrogen) atoms. The third-order valence-electron chi connectivity index (χ3n) is 6.71. The third kappa shape index (κ3) is 5.12. The van der Waals surface area contributed by atoms with Gasteiger partial charge in [0.1, 0.15) is 0 Å². The quantitative estimate of drug-likeness (QED) is 0.263. The summed E-state index contributed by atoms with van der Waals surface area (Å²) in [6, 6.07) is 19.9. The van der Waals surface area contributed by atoms with Crippen LogP contribution >= 0.6 is 0 Å². The molecule has 5 rings (SSSR count). The summed E-state index contributed by atoms with van der Waals surface area (Å²) in [6.07, 6.45) is 1.46. The zero-order valence-electron chi connectivity index (χ0n) is 20.8. The maximum atomic E-state index is 13.2. The summed E-state index contributed by atoms with van der Waals surface area (Å²) in [5, 5.41) is 3.29. The van der Waals surface area contributed by atoms with Crippen LogP contribution in [0.4, 0.5) is 5.69 Å². The molecule has 1 saturated heterocycles. The second-order valence-electron chi connectivity index (χ2n) is 9.11. The highest BCUT2D eigenvalue weighted by atomic mass is 16.2. The fourth-order valence-electron chi connectivity index (χ4n) is 4.56. The van der Waals surface area contributed by atoms with Crippen LogP contribution in [-0.4, -0.2) is 70.4 Å². The molecule has 4 N–H and O–H groups in total. The molecule has 0 spiro atoms. The van der Waals surface area contributed by atoms with Crippen molar-refractivity contribution >= 4 is 46.0 Å². The highest BCUT2D eigenvalue weighted by Gasteiger charge is 2.30. The fourth-order valence-corrected chi connectivity index (χ4v) is 4.56. The molecular formula is C29H25N5O5. The highest BCUT2D eigenvalue weighted by molar-refractivity contribution is 6.45. The van der Waals surface area contributed by atoms with Gasteiger partial charge in [0.25, 0.3) is 23.5 Å². The lowest BCUT2D eigenvalue weighted by molar-refractivity contribution is -0.127. The van der Waals surface area contributed by atoms with Crippen LogP contribution in [0.1, 0.15) is 41.4 Å². The Morgan fingerprint density at radius 3 is 2.03 bits per heavy atom. The third-order valence-corrected chi connectivity index (χ3v) is 6.71. The molecule has 3 aromatic carbocycles. The normalized spacial score (nSPS) is 13.2. The molecule has 0 saturated carbocycles. The van der Waals surface area contributed by atoms with Crippen molar-refractivity contribution in [1.82, 2.24) is 14.8 Å². The van der Waals surface area contributed by atoms with Crippen LogP contribution in [0.5, 0.6) is 0 Å². The Morgan fingerprint density at radius 2 is 1.36 bits per heavy atom. The van der Waals surface area contributed by atoms with Gasteiger partial charge in [-0.2, -0.15) is 0 Å². The number of aromatic amines is 1. The highest BCUT2D eigenvalue weighted by Crippen LogP contribution is 2.27. The number of rotatable bonds is 6. The van der Waals surface area contributed by atoms with Gasteiger partial charge in [0, 0.05) is 54.5 Å². The Balaban J connectivity index is 1.27. The number of carbonyl (C=O) groups is 5. The van der Waals surface area contributed by atoms with E-state index in [1.54, 1.807) is 47.4 Å². The van der Waals surface area contributed by atoms with E-state index < -0.39 is 23.5 Å². The molecule has 1 aliphatic rings. The summed E-state index contributed by atoms with van der Waals surface area (Å²) in [5.74, 6) is -2.43. The van der Waals surface area contributed by atoms with E-state index >= 15 is 0 Å². The van der Waals surface area contributed by atoms with Crippen LogP contribution in [0.15, 0.2) is 79.0 Å². The number of nitrogens with two attached hydrogens (primary N) is 1. The number of piperazine rings is 1. The van der Waals surface area contributed by atoms with Gasteiger partial charge in [-0.25, -0.2) is 0 Å². The number of anilines is 1. The number of para-hydroxylation sites is 1. The summed E-state index contributed by atoms with van der Waals surface area (Å²) < 4.78 is 0. The summed E-state index contributed by atoms with van der Waals surface area (Å²) in [6.45, 7) is 1.16. The number of amides is 4. The van der Waals surface area contributed by atoms with Gasteiger partial charge in [-0.3, -0.25) is 24.0 Å². The van der Waals surface area contributed by atoms with Gasteiger partial charge in [-0.15, -0.1) is 0 Å². The maximum Gasteiger partial charge on any atom is 0.295 e. The summed E-state index contributed by atoms with van der Waals surface area (Å²) in [5.41, 5.74) is 7.55. The Bertz CT molecular complexity index is 1590. The van der Waals surface area contributed by atoms with Gasteiger partial charge >= 0.3 is 0 Å². The number of primary amides is 1. The maximum absolute atomic E-state index is 13.2. The number of nitrogens with one attached hydrogen (secondary N) is 2. The number of benzene rings is 3. The summed E-state index contributed by atoms with van der Waals surface area (Å²) in [7, 11) is 0. The van der Waals surface area contributed by atoms with Gasteiger partial charge in [0.15, 0.2) is 0 Å². The van der Waals surface area contributed by atoms with Crippen molar-refractivity contribution in [3.05, 3.63) is 101 Å². The Hall–Kier alpha value is -5.25. The lowest BCUT2D eigenvalue weighted by Crippen LogP contribution is -2.52. The first-order valence-corrected chi connectivity index (χ1v) is 12.3. The first kappa shape index (κ1) is 25.4. The van der Waals surface area contributed by atoms with E-state index in [1.807, 2.05) is 6.07 Å². The van der Waals surface area contributed by atoms with Crippen LogP contribution in [0.25, 0.3) is 10.9 Å². The Kier molecular flexibility index (Phi) is 6.92. The van der Waals surface area contributed by atoms with E-state index in [-0.39, 0.29) is 30.1 Å². The topological polar surface area (TPSA) is 146 Å². The molecule has 0 radical (unpaired) electrons. The van der Waals surface area contributed by atoms with Crippen LogP contribution in [-0.2, 0) is 4.79 Å². The SMILES string of the molecule is NC(=O)c1ccc(C(=O)Nc2cccc3c(C(=O)C(=O)N4CCN(C(=O)c5ccccc5)CC4)c[nH]c23)cc1. The number of ketones is 1. The van der Waals surface area contributed by atoms with Crippen molar-refractivity contribution in [1.29, 1.82) is 0 Å². The number of hydrogen-bond acceptors (Lipinski definition) is 5. The van der Waals surface area contributed by atoms with E-state index in [0.29, 0.717) is 40.8 Å². The van der Waals surface area contributed by atoms with E-state index in [4.69, 9.17) is 5.73 Å². The molecular weight excluding hydrogens is 498 g/mol. The van der Waals surface area contributed by atoms with Gasteiger partial charge in [0.2, 0.25) is 5.91 Å². The van der Waals surface area contributed by atoms with Crippen LogP contribution < -0.4 is 11.1 Å². The Labute approximate surface area is 223 Å². The van der Waals surface area contributed by atoms with E-state index in [0.717, 1.165) is 0 Å². The molecule has 10 heteroatoms. The molecule has 1 fully saturated rings. The molecule has 0 atom stereocenters. The number of Topliss-reactive ketones (excluding diaryl/α,β-unsaturated/α-hetero) is 1. The van der Waals surface area contributed by atoms with Crippen molar-refractivity contribution in [2.24, 2.45) is 5.73 Å². The van der Waals surface area contributed by atoms with E-state index in [1.165, 1.54) is 35.4 Å². The minimum Gasteiger partial charge on any atom is -0.366 e. The first-order chi connectivity index (χ1) is 18.8. The van der Waals surface area contributed by atoms with E-state index in [9.17, 15) is 24.0 Å². The standard InChI is InChI=1S/C29H25N5O5/c30-26(36)18-9-11-19(12-10-18)27(37)32-23-8-4-7-21-22(17-31-24(21)23)25(35)29(39)34-15-13-33(14-16-34)28(38)20-5-2-1-3-6-20/h1-12,17,31H,13-16H2,(H2,30,36)(H,32,37). The van der Waals surface area contributed by atoms with Crippen LogP contribution in [0, 0.1) is 0 Å². The van der Waals surface area contributed by atoms with Crippen molar-refractivity contribution in [2.75, 3.05) is 31.5 Å². The largest absolute Gasteiger partial charge is 0.366 e. The van der Waals surface area contributed by atoms with Gasteiger partial charge < -0.3 is 25.8 Å². The molecule has 1 aliphatic heterocycles. The van der Waals surface area contributed by atoms with Gasteiger partial charge in [0.05, 0.1) is 16.8 Å².